The second-order valence-corrected chi connectivity index (χ2v) is 9.39. The number of thioether (sulfide) groups is 1. The largest absolute Gasteiger partial charge is 0.485 e. The SMILES string of the molecule is C=CCn1c(COc2ccccc2C)nnc1SCC(=O)Nc1nc(-c2ccc(C)cc2)cs1. The lowest BCUT2D eigenvalue weighted by Gasteiger charge is -2.10. The molecule has 9 heteroatoms. The molecule has 0 saturated carbocycles. The first kappa shape index (κ1) is 23.7. The first-order valence-corrected chi connectivity index (χ1v) is 12.6. The third kappa shape index (κ3) is 5.92. The number of anilines is 1. The number of allylic oxidation sites excluding steroid dienone is 1. The molecule has 7 nitrogen and oxygen atoms in total. The van der Waals surface area contributed by atoms with Crippen molar-refractivity contribution in [2.75, 3.05) is 11.1 Å². The maximum Gasteiger partial charge on any atom is 0.236 e. The van der Waals surface area contributed by atoms with E-state index in [0.29, 0.717) is 22.7 Å². The van der Waals surface area contributed by atoms with Crippen LogP contribution in [0.1, 0.15) is 17.0 Å². The maximum absolute atomic E-state index is 12.5. The third-order valence-corrected chi connectivity index (χ3v) is 6.71. The lowest BCUT2D eigenvalue weighted by Crippen LogP contribution is -2.15. The summed E-state index contributed by atoms with van der Waals surface area (Å²) >= 11 is 2.72. The fourth-order valence-corrected chi connectivity index (χ4v) is 4.68. The van der Waals surface area contributed by atoms with E-state index in [2.05, 4.69) is 27.1 Å². The molecule has 0 unspecified atom stereocenters. The van der Waals surface area contributed by atoms with E-state index >= 15 is 0 Å². The number of nitrogens with one attached hydrogen (secondary N) is 1. The summed E-state index contributed by atoms with van der Waals surface area (Å²) in [6, 6.07) is 16.0. The Kier molecular flexibility index (Phi) is 7.76. The van der Waals surface area contributed by atoms with Crippen molar-refractivity contribution >= 4 is 34.1 Å². The summed E-state index contributed by atoms with van der Waals surface area (Å²) in [5.74, 6) is 1.51. The van der Waals surface area contributed by atoms with Crippen LogP contribution in [-0.2, 0) is 17.9 Å². The number of aryl methyl sites for hydroxylation is 2. The van der Waals surface area contributed by atoms with Gasteiger partial charge in [-0.3, -0.25) is 9.36 Å². The van der Waals surface area contributed by atoms with Gasteiger partial charge in [-0.05, 0) is 25.5 Å². The molecule has 0 aliphatic carbocycles. The molecule has 4 aromatic rings. The van der Waals surface area contributed by atoms with Gasteiger partial charge in [0.05, 0.1) is 11.4 Å². The topological polar surface area (TPSA) is 81.9 Å². The van der Waals surface area contributed by atoms with Crippen LogP contribution in [-0.4, -0.2) is 31.4 Å². The Morgan fingerprint density at radius 1 is 1.18 bits per heavy atom. The number of ether oxygens (including phenoxy) is 1. The number of thiazole rings is 1. The second-order valence-electron chi connectivity index (χ2n) is 7.59. The summed E-state index contributed by atoms with van der Waals surface area (Å²) in [7, 11) is 0. The van der Waals surface area contributed by atoms with E-state index in [1.807, 2.05) is 72.3 Å². The van der Waals surface area contributed by atoms with Gasteiger partial charge in [0, 0.05) is 17.5 Å². The van der Waals surface area contributed by atoms with Gasteiger partial charge in [0.15, 0.2) is 16.1 Å². The van der Waals surface area contributed by atoms with Crippen LogP contribution in [0.4, 0.5) is 5.13 Å². The minimum atomic E-state index is -0.152. The minimum Gasteiger partial charge on any atom is -0.485 e. The van der Waals surface area contributed by atoms with Crippen LogP contribution >= 0.6 is 23.1 Å². The Balaban J connectivity index is 1.35. The number of nitrogens with zero attached hydrogens (tertiary/aromatic N) is 4. The van der Waals surface area contributed by atoms with Crippen molar-refractivity contribution < 1.29 is 9.53 Å². The van der Waals surface area contributed by atoms with Crippen LogP contribution in [0.2, 0.25) is 0 Å². The maximum atomic E-state index is 12.5. The summed E-state index contributed by atoms with van der Waals surface area (Å²) in [5, 5.41) is 14.5. The highest BCUT2D eigenvalue weighted by Crippen LogP contribution is 2.26. The van der Waals surface area contributed by atoms with E-state index in [4.69, 9.17) is 4.74 Å². The standard InChI is InChI=1S/C25H25N5O2S2/c1-4-13-30-22(14-32-21-8-6-5-7-18(21)3)28-29-25(30)34-16-23(31)27-24-26-20(15-33-24)19-11-9-17(2)10-12-19/h4-12,15H,1,13-14,16H2,2-3H3,(H,26,27,31). The van der Waals surface area contributed by atoms with Gasteiger partial charge in [0.25, 0.3) is 0 Å². The summed E-state index contributed by atoms with van der Waals surface area (Å²) in [6.07, 6.45) is 1.77. The minimum absolute atomic E-state index is 0.152. The van der Waals surface area contributed by atoms with E-state index in [9.17, 15) is 4.79 Å². The highest BCUT2D eigenvalue weighted by Gasteiger charge is 2.15. The van der Waals surface area contributed by atoms with Crippen molar-refractivity contribution in [1.82, 2.24) is 19.7 Å². The predicted octanol–water partition coefficient (Wildman–Crippen LogP) is 5.51. The Morgan fingerprint density at radius 3 is 2.74 bits per heavy atom. The zero-order chi connectivity index (χ0) is 23.9. The van der Waals surface area contributed by atoms with E-state index in [0.717, 1.165) is 22.6 Å². The van der Waals surface area contributed by atoms with Crippen LogP contribution in [0.25, 0.3) is 11.3 Å². The fraction of sp³-hybridized carbons (Fsp3) is 0.200. The molecule has 0 radical (unpaired) electrons. The van der Waals surface area contributed by atoms with Crippen LogP contribution in [0.15, 0.2) is 71.7 Å². The Morgan fingerprint density at radius 2 is 1.97 bits per heavy atom. The molecule has 2 aromatic heterocycles. The quantitative estimate of drug-likeness (QED) is 0.233. The highest BCUT2D eigenvalue weighted by atomic mass is 32.2. The molecular formula is C25H25N5O2S2. The van der Waals surface area contributed by atoms with E-state index in [1.165, 1.54) is 28.7 Å². The number of hydrogen-bond acceptors (Lipinski definition) is 7. The molecule has 4 rings (SSSR count). The van der Waals surface area contributed by atoms with Crippen LogP contribution in [0.3, 0.4) is 0 Å². The lowest BCUT2D eigenvalue weighted by atomic mass is 10.1. The number of amides is 1. The highest BCUT2D eigenvalue weighted by molar-refractivity contribution is 7.99. The zero-order valence-electron chi connectivity index (χ0n) is 19.0. The van der Waals surface area contributed by atoms with Gasteiger partial charge in [-0.1, -0.05) is 65.9 Å². The van der Waals surface area contributed by atoms with E-state index < -0.39 is 0 Å². The van der Waals surface area contributed by atoms with Gasteiger partial charge in [-0.15, -0.1) is 28.1 Å². The number of para-hydroxylation sites is 1. The third-order valence-electron chi connectivity index (χ3n) is 4.99. The average Bonchev–Trinajstić information content (AvgIpc) is 3.45. The number of aromatic nitrogens is 4. The number of carbonyl (C=O) groups excluding carboxylic acids is 1. The van der Waals surface area contributed by atoms with Crippen molar-refractivity contribution in [1.29, 1.82) is 0 Å². The van der Waals surface area contributed by atoms with Gasteiger partial charge in [-0.25, -0.2) is 4.98 Å². The summed E-state index contributed by atoms with van der Waals surface area (Å²) in [5.41, 5.74) is 4.11. The number of hydrogen-bond donors (Lipinski definition) is 1. The molecule has 2 aromatic carbocycles. The summed E-state index contributed by atoms with van der Waals surface area (Å²) < 4.78 is 7.82. The number of rotatable bonds is 10. The Labute approximate surface area is 206 Å². The van der Waals surface area contributed by atoms with Crippen molar-refractivity contribution in [2.24, 2.45) is 0 Å². The molecule has 0 aliphatic heterocycles. The molecule has 174 valence electrons. The molecule has 0 spiro atoms. The van der Waals surface area contributed by atoms with Crippen molar-refractivity contribution in [3.05, 3.63) is 83.5 Å². The second kappa shape index (κ2) is 11.1. The summed E-state index contributed by atoms with van der Waals surface area (Å²) in [6.45, 7) is 8.66. The first-order valence-electron chi connectivity index (χ1n) is 10.7. The van der Waals surface area contributed by atoms with Gasteiger partial charge >= 0.3 is 0 Å². The van der Waals surface area contributed by atoms with Crippen molar-refractivity contribution in [3.8, 4) is 17.0 Å². The molecule has 34 heavy (non-hydrogen) atoms. The molecule has 0 atom stereocenters. The van der Waals surface area contributed by atoms with Gasteiger partial charge in [0.1, 0.15) is 12.4 Å². The summed E-state index contributed by atoms with van der Waals surface area (Å²) in [4.78, 5) is 17.1. The van der Waals surface area contributed by atoms with E-state index in [1.54, 1.807) is 6.08 Å². The fourth-order valence-electron chi connectivity index (χ4n) is 3.18. The first-order chi connectivity index (χ1) is 16.5. The van der Waals surface area contributed by atoms with Crippen molar-refractivity contribution in [3.63, 3.8) is 0 Å². The number of carbonyl (C=O) groups is 1. The lowest BCUT2D eigenvalue weighted by molar-refractivity contribution is -0.113. The molecule has 0 aliphatic rings. The monoisotopic (exact) mass is 491 g/mol. The molecule has 2 heterocycles. The molecule has 0 saturated heterocycles. The van der Waals surface area contributed by atoms with Crippen LogP contribution in [0.5, 0.6) is 5.75 Å². The van der Waals surface area contributed by atoms with Crippen LogP contribution < -0.4 is 10.1 Å². The smallest absolute Gasteiger partial charge is 0.236 e. The van der Waals surface area contributed by atoms with Gasteiger partial charge < -0.3 is 10.1 Å². The van der Waals surface area contributed by atoms with Crippen LogP contribution in [0, 0.1) is 13.8 Å². The van der Waals surface area contributed by atoms with Crippen molar-refractivity contribution in [2.45, 2.75) is 32.2 Å². The average molecular weight is 492 g/mol. The molecule has 0 fully saturated rings. The molecule has 1 N–H and O–H groups in total. The Bertz CT molecular complexity index is 1280. The predicted molar refractivity (Wildman–Crippen MR) is 137 cm³/mol. The number of benzene rings is 2. The Hall–Kier alpha value is -3.43. The zero-order valence-corrected chi connectivity index (χ0v) is 20.7. The molecular weight excluding hydrogens is 466 g/mol. The van der Waals surface area contributed by atoms with Gasteiger partial charge in [0.2, 0.25) is 5.91 Å². The normalized spacial score (nSPS) is 10.8. The molecule has 0 bridgehead atoms. The van der Waals surface area contributed by atoms with Gasteiger partial charge in [-0.2, -0.15) is 0 Å². The molecule has 1 amide bonds. The van der Waals surface area contributed by atoms with E-state index in [-0.39, 0.29) is 18.3 Å².